The summed E-state index contributed by atoms with van der Waals surface area (Å²) in [6, 6.07) is 72.6. The van der Waals surface area contributed by atoms with E-state index in [0.29, 0.717) is 22.8 Å². The first kappa shape index (κ1) is 37.6. The van der Waals surface area contributed by atoms with Gasteiger partial charge in [-0.05, 0) is 59.2 Å². The van der Waals surface area contributed by atoms with Gasteiger partial charge in [-0.25, -0.2) is 15.0 Å². The maximum atomic E-state index is 15.4. The van der Waals surface area contributed by atoms with Crippen molar-refractivity contribution in [2.45, 2.75) is 0 Å². The molecule has 0 saturated heterocycles. The summed E-state index contributed by atoms with van der Waals surface area (Å²) in [6.07, 6.45) is 0. The van der Waals surface area contributed by atoms with Crippen LogP contribution in [0.4, 0.5) is 0 Å². The molecule has 7 heteroatoms. The predicted molar refractivity (Wildman–Crippen MR) is 261 cm³/mol. The molecule has 302 valence electrons. The summed E-state index contributed by atoms with van der Waals surface area (Å²) < 4.78 is 28.6. The molecular formula is C57H36N3O3P. The van der Waals surface area contributed by atoms with Gasteiger partial charge in [0.2, 0.25) is 0 Å². The van der Waals surface area contributed by atoms with Crippen molar-refractivity contribution < 1.29 is 13.4 Å². The third-order valence-corrected chi connectivity index (χ3v) is 15.1. The zero-order valence-electron chi connectivity index (χ0n) is 34.3. The molecule has 6 nitrogen and oxygen atoms in total. The Morgan fingerprint density at radius 1 is 0.312 bits per heavy atom. The van der Waals surface area contributed by atoms with E-state index in [1.807, 2.05) is 133 Å². The molecule has 12 rings (SSSR count). The van der Waals surface area contributed by atoms with E-state index in [2.05, 4.69) is 84.9 Å². The van der Waals surface area contributed by atoms with Gasteiger partial charge in [0, 0.05) is 59.7 Å². The average molecular weight is 842 g/mol. The topological polar surface area (TPSA) is 82.0 Å². The number of aromatic nitrogens is 3. The first-order valence-electron chi connectivity index (χ1n) is 21.2. The minimum absolute atomic E-state index is 0.475. The molecule has 3 aromatic heterocycles. The monoisotopic (exact) mass is 841 g/mol. The molecule has 0 N–H and O–H groups in total. The summed E-state index contributed by atoms with van der Waals surface area (Å²) in [7, 11) is -3.25. The van der Waals surface area contributed by atoms with Crippen LogP contribution >= 0.6 is 7.14 Å². The molecule has 0 fully saturated rings. The van der Waals surface area contributed by atoms with Gasteiger partial charge < -0.3 is 13.4 Å². The molecule has 0 aliphatic rings. The first-order valence-corrected chi connectivity index (χ1v) is 22.9. The first-order chi connectivity index (χ1) is 31.6. The Kier molecular flexibility index (Phi) is 8.99. The molecule has 12 aromatic rings. The predicted octanol–water partition coefficient (Wildman–Crippen LogP) is 13.6. The van der Waals surface area contributed by atoms with Gasteiger partial charge in [-0.15, -0.1) is 0 Å². The number of para-hydroxylation sites is 1. The Morgan fingerprint density at radius 2 is 0.812 bits per heavy atom. The van der Waals surface area contributed by atoms with Crippen LogP contribution < -0.4 is 15.9 Å². The second kappa shape index (κ2) is 15.3. The highest BCUT2D eigenvalue weighted by atomic mass is 31.2. The number of rotatable bonds is 8. The zero-order valence-corrected chi connectivity index (χ0v) is 35.2. The summed E-state index contributed by atoms with van der Waals surface area (Å²) in [5.41, 5.74) is 9.84. The number of benzene rings is 9. The summed E-state index contributed by atoms with van der Waals surface area (Å²) in [5.74, 6) is 1.50. The van der Waals surface area contributed by atoms with Gasteiger partial charge in [0.05, 0.1) is 0 Å². The lowest BCUT2D eigenvalue weighted by Gasteiger charge is -2.20. The Hall–Kier alpha value is -8.18. The number of fused-ring (bicyclic) bond motifs is 6. The van der Waals surface area contributed by atoms with E-state index in [1.165, 1.54) is 5.56 Å². The van der Waals surface area contributed by atoms with Gasteiger partial charge in [-0.3, -0.25) is 0 Å². The van der Waals surface area contributed by atoms with Crippen molar-refractivity contribution in [3.8, 4) is 56.4 Å². The van der Waals surface area contributed by atoms with Crippen molar-refractivity contribution >= 4 is 66.9 Å². The van der Waals surface area contributed by atoms with Crippen molar-refractivity contribution in [1.29, 1.82) is 0 Å². The highest BCUT2D eigenvalue weighted by molar-refractivity contribution is 7.85. The summed E-state index contributed by atoms with van der Waals surface area (Å²) in [5, 5.41) is 6.36. The zero-order chi connectivity index (χ0) is 42.6. The molecule has 0 unspecified atom stereocenters. The average Bonchev–Trinajstić information content (AvgIpc) is 3.94. The van der Waals surface area contributed by atoms with Crippen molar-refractivity contribution in [3.05, 3.63) is 218 Å². The van der Waals surface area contributed by atoms with E-state index in [4.69, 9.17) is 23.8 Å². The number of nitrogens with zero attached hydrogens (tertiary/aromatic N) is 3. The quantitative estimate of drug-likeness (QED) is 0.142. The van der Waals surface area contributed by atoms with E-state index in [9.17, 15) is 0 Å². The van der Waals surface area contributed by atoms with E-state index in [1.54, 1.807) is 0 Å². The maximum Gasteiger partial charge on any atom is 0.171 e. The van der Waals surface area contributed by atoms with E-state index in [-0.39, 0.29) is 0 Å². The van der Waals surface area contributed by atoms with Crippen molar-refractivity contribution in [1.82, 2.24) is 15.0 Å². The van der Waals surface area contributed by atoms with Crippen LogP contribution in [0.3, 0.4) is 0 Å². The molecule has 9 aromatic carbocycles. The summed E-state index contributed by atoms with van der Waals surface area (Å²) in [6.45, 7) is 0. The van der Waals surface area contributed by atoms with Crippen LogP contribution in [0.5, 0.6) is 0 Å². The Balaban J connectivity index is 0.955. The van der Waals surface area contributed by atoms with Crippen LogP contribution in [0.1, 0.15) is 0 Å². The van der Waals surface area contributed by atoms with Crippen LogP contribution in [-0.4, -0.2) is 15.0 Å². The highest BCUT2D eigenvalue weighted by Gasteiger charge is 2.30. The van der Waals surface area contributed by atoms with Gasteiger partial charge >= 0.3 is 0 Å². The molecule has 0 amide bonds. The normalized spacial score (nSPS) is 11.8. The molecule has 0 saturated carbocycles. The smallest absolute Gasteiger partial charge is 0.171 e. The minimum atomic E-state index is -3.25. The summed E-state index contributed by atoms with van der Waals surface area (Å²) >= 11 is 0. The highest BCUT2D eigenvalue weighted by Crippen LogP contribution is 2.44. The minimum Gasteiger partial charge on any atom is -0.456 e. The van der Waals surface area contributed by atoms with Gasteiger partial charge in [-0.2, -0.15) is 0 Å². The number of hydrogen-bond acceptors (Lipinski definition) is 6. The van der Waals surface area contributed by atoms with Gasteiger partial charge in [0.25, 0.3) is 0 Å². The van der Waals surface area contributed by atoms with E-state index < -0.39 is 7.14 Å². The van der Waals surface area contributed by atoms with Gasteiger partial charge in [0.15, 0.2) is 24.6 Å². The molecular weight excluding hydrogens is 806 g/mol. The molecule has 3 heterocycles. The van der Waals surface area contributed by atoms with Crippen LogP contribution in [0.15, 0.2) is 227 Å². The molecule has 0 bridgehead atoms. The summed E-state index contributed by atoms with van der Waals surface area (Å²) in [4.78, 5) is 15.2. The van der Waals surface area contributed by atoms with Crippen LogP contribution in [0.2, 0.25) is 0 Å². The standard InChI is InChI=1S/C57H36N3O3P/c61-64(43-20-9-3-10-21-43,44-22-11-4-12-23-44)45-24-13-19-41(33-45)56-58-55(38-17-7-2-8-18-38)59-57(60-56)42-28-31-47-49-26-14-25-46(54(49)63-53(47)36-42)40-27-30-48-50-34-39(37-15-5-1-6-16-37)29-32-51(50)62-52(48)35-40/h1-36H. The maximum absolute atomic E-state index is 15.4. The third-order valence-electron chi connectivity index (χ3n) is 12.0. The van der Waals surface area contributed by atoms with Crippen molar-refractivity contribution in [2.75, 3.05) is 0 Å². The molecule has 64 heavy (non-hydrogen) atoms. The van der Waals surface area contributed by atoms with Crippen LogP contribution in [0.25, 0.3) is 100 Å². The fourth-order valence-electron chi connectivity index (χ4n) is 8.83. The van der Waals surface area contributed by atoms with E-state index >= 15 is 4.57 Å². The molecule has 0 radical (unpaired) electrons. The second-order valence-electron chi connectivity index (χ2n) is 15.9. The van der Waals surface area contributed by atoms with Crippen molar-refractivity contribution in [2.24, 2.45) is 0 Å². The Labute approximate surface area is 368 Å². The molecule has 0 aliphatic heterocycles. The Morgan fingerprint density at radius 3 is 1.50 bits per heavy atom. The van der Waals surface area contributed by atoms with Crippen LogP contribution in [-0.2, 0) is 4.57 Å². The van der Waals surface area contributed by atoms with Gasteiger partial charge in [0.1, 0.15) is 22.3 Å². The molecule has 0 atom stereocenters. The van der Waals surface area contributed by atoms with E-state index in [0.717, 1.165) is 87.9 Å². The van der Waals surface area contributed by atoms with Crippen LogP contribution in [0, 0.1) is 0 Å². The lowest BCUT2D eigenvalue weighted by Crippen LogP contribution is -2.25. The van der Waals surface area contributed by atoms with Gasteiger partial charge in [-0.1, -0.05) is 176 Å². The lowest BCUT2D eigenvalue weighted by atomic mass is 9.99. The molecule has 0 aliphatic carbocycles. The fourth-order valence-corrected chi connectivity index (χ4v) is 11.5. The third kappa shape index (κ3) is 6.43. The fraction of sp³-hybridized carbons (Fsp3) is 0. The second-order valence-corrected chi connectivity index (χ2v) is 18.7. The Bertz CT molecular complexity index is 3710. The SMILES string of the molecule is O=P(c1ccccc1)(c1ccccc1)c1cccc(-c2nc(-c3ccccc3)nc(-c3ccc4c(c3)oc3c(-c5ccc6c(c5)oc5ccc(-c7ccccc7)cc56)cccc34)n2)c1. The number of hydrogen-bond donors (Lipinski definition) is 0. The number of furan rings is 2. The lowest BCUT2D eigenvalue weighted by molar-refractivity contribution is 0.592. The van der Waals surface area contributed by atoms with Crippen molar-refractivity contribution in [3.63, 3.8) is 0 Å². The molecule has 0 spiro atoms. The largest absolute Gasteiger partial charge is 0.456 e.